The van der Waals surface area contributed by atoms with Crippen LogP contribution >= 0.6 is 0 Å². The molecule has 178 valence electrons. The fraction of sp³-hybridized carbons (Fsp3) is 0. The fourth-order valence-corrected chi connectivity index (χ4v) is 3.35. The van der Waals surface area contributed by atoms with Crippen LogP contribution in [0.25, 0.3) is 0 Å². The Balaban J connectivity index is 1.39. The molecule has 5 aromatic carbocycles. The highest BCUT2D eigenvalue weighted by molar-refractivity contribution is 5.52. The molecule has 0 aliphatic carbocycles. The Bertz CT molecular complexity index is 1340. The van der Waals surface area contributed by atoms with E-state index in [1.54, 1.807) is 60.7 Å². The molecular formula is C30H20F2O4. The van der Waals surface area contributed by atoms with Crippen LogP contribution in [0.3, 0.4) is 0 Å². The molecule has 0 atom stereocenters. The maximum absolute atomic E-state index is 13.3. The van der Waals surface area contributed by atoms with Crippen molar-refractivity contribution in [2.75, 3.05) is 0 Å². The van der Waals surface area contributed by atoms with Gasteiger partial charge >= 0.3 is 0 Å². The minimum Gasteiger partial charge on any atom is -0.453 e. The molecule has 36 heavy (non-hydrogen) atoms. The maximum Gasteiger partial charge on any atom is 0.170 e. The minimum atomic E-state index is -0.346. The van der Waals surface area contributed by atoms with Crippen molar-refractivity contribution in [3.05, 3.63) is 133 Å². The van der Waals surface area contributed by atoms with Gasteiger partial charge in [-0.1, -0.05) is 36.4 Å². The van der Waals surface area contributed by atoms with Gasteiger partial charge in [0.2, 0.25) is 0 Å². The van der Waals surface area contributed by atoms with Crippen LogP contribution in [0.4, 0.5) is 8.78 Å². The molecule has 4 nitrogen and oxygen atoms in total. The van der Waals surface area contributed by atoms with Crippen molar-refractivity contribution in [2.24, 2.45) is 0 Å². The molecule has 0 aliphatic heterocycles. The molecule has 0 saturated carbocycles. The second-order valence-electron chi connectivity index (χ2n) is 7.66. The van der Waals surface area contributed by atoms with E-state index in [9.17, 15) is 8.78 Å². The summed E-state index contributed by atoms with van der Waals surface area (Å²) in [4.78, 5) is 0. The van der Waals surface area contributed by atoms with Crippen LogP contribution in [0.5, 0.6) is 46.0 Å². The summed E-state index contributed by atoms with van der Waals surface area (Å²) < 4.78 is 50.7. The summed E-state index contributed by atoms with van der Waals surface area (Å²) in [5.74, 6) is 2.98. The lowest BCUT2D eigenvalue weighted by Gasteiger charge is -2.16. The van der Waals surface area contributed by atoms with Gasteiger partial charge in [0.1, 0.15) is 23.1 Å². The molecule has 5 aromatic rings. The average Bonchev–Trinajstić information content (AvgIpc) is 2.90. The summed E-state index contributed by atoms with van der Waals surface area (Å²) in [5, 5.41) is 0. The second kappa shape index (κ2) is 10.6. The molecule has 0 saturated heterocycles. The van der Waals surface area contributed by atoms with Crippen molar-refractivity contribution in [1.82, 2.24) is 0 Å². The summed E-state index contributed by atoms with van der Waals surface area (Å²) in [6, 6.07) is 33.0. The zero-order chi connectivity index (χ0) is 24.7. The van der Waals surface area contributed by atoms with Gasteiger partial charge < -0.3 is 18.9 Å². The van der Waals surface area contributed by atoms with Crippen molar-refractivity contribution in [3.8, 4) is 46.0 Å². The fourth-order valence-electron chi connectivity index (χ4n) is 3.35. The molecule has 0 heterocycles. The molecule has 0 bridgehead atoms. The van der Waals surface area contributed by atoms with E-state index in [0.717, 1.165) is 0 Å². The quantitative estimate of drug-likeness (QED) is 0.221. The largest absolute Gasteiger partial charge is 0.453 e. The van der Waals surface area contributed by atoms with Crippen molar-refractivity contribution in [3.63, 3.8) is 0 Å². The van der Waals surface area contributed by atoms with Gasteiger partial charge in [-0.2, -0.15) is 0 Å². The molecule has 5 rings (SSSR count). The molecule has 6 heteroatoms. The normalized spacial score (nSPS) is 10.5. The van der Waals surface area contributed by atoms with Gasteiger partial charge in [-0.25, -0.2) is 8.78 Å². The predicted octanol–water partition coefficient (Wildman–Crippen LogP) is 9.13. The zero-order valence-electron chi connectivity index (χ0n) is 18.9. The van der Waals surface area contributed by atoms with Crippen molar-refractivity contribution in [2.45, 2.75) is 0 Å². The second-order valence-corrected chi connectivity index (χ2v) is 7.66. The van der Waals surface area contributed by atoms with E-state index in [0.29, 0.717) is 46.0 Å². The third-order valence-electron chi connectivity index (χ3n) is 5.07. The Morgan fingerprint density at radius 1 is 0.306 bits per heavy atom. The number of hydrogen-bond donors (Lipinski definition) is 0. The van der Waals surface area contributed by atoms with Crippen LogP contribution in [0, 0.1) is 11.6 Å². The first-order valence-electron chi connectivity index (χ1n) is 11.1. The van der Waals surface area contributed by atoms with Crippen molar-refractivity contribution in [1.29, 1.82) is 0 Å². The summed E-state index contributed by atoms with van der Waals surface area (Å²) in [6.07, 6.45) is 0. The summed E-state index contributed by atoms with van der Waals surface area (Å²) in [6.45, 7) is 0. The first kappa shape index (κ1) is 22.9. The minimum absolute atomic E-state index is 0.346. The Morgan fingerprint density at radius 2 is 0.556 bits per heavy atom. The van der Waals surface area contributed by atoms with Gasteiger partial charge in [0.15, 0.2) is 34.5 Å². The van der Waals surface area contributed by atoms with Crippen LogP contribution in [-0.2, 0) is 0 Å². The van der Waals surface area contributed by atoms with Crippen LogP contribution in [0.15, 0.2) is 121 Å². The van der Waals surface area contributed by atoms with E-state index < -0.39 is 0 Å². The first-order valence-corrected chi connectivity index (χ1v) is 11.1. The standard InChI is InChI=1S/C30H20F2O4/c31-21-13-17-23(18-14-21)33-25-7-1-3-9-27(25)35-29-11-5-6-12-30(29)36-28-10-4-2-8-26(28)34-24-19-15-22(32)16-20-24/h1-20H. The van der Waals surface area contributed by atoms with Crippen LogP contribution in [0.2, 0.25) is 0 Å². The molecule has 0 fully saturated rings. The Morgan fingerprint density at radius 3 is 0.833 bits per heavy atom. The van der Waals surface area contributed by atoms with Gasteiger partial charge in [-0.15, -0.1) is 0 Å². The molecule has 0 aliphatic rings. The topological polar surface area (TPSA) is 36.9 Å². The molecule has 0 spiro atoms. The molecule has 0 N–H and O–H groups in total. The highest BCUT2D eigenvalue weighted by Crippen LogP contribution is 2.41. The third kappa shape index (κ3) is 5.62. The number of hydrogen-bond acceptors (Lipinski definition) is 4. The van der Waals surface area contributed by atoms with Crippen LogP contribution < -0.4 is 18.9 Å². The monoisotopic (exact) mass is 482 g/mol. The number of ether oxygens (including phenoxy) is 4. The van der Waals surface area contributed by atoms with Gasteiger partial charge in [0.25, 0.3) is 0 Å². The molecule has 0 unspecified atom stereocenters. The van der Waals surface area contributed by atoms with E-state index in [1.165, 1.54) is 24.3 Å². The van der Waals surface area contributed by atoms with E-state index in [-0.39, 0.29) is 11.6 Å². The number of para-hydroxylation sites is 6. The van der Waals surface area contributed by atoms with E-state index >= 15 is 0 Å². The number of rotatable bonds is 8. The Kier molecular flexibility index (Phi) is 6.76. The third-order valence-corrected chi connectivity index (χ3v) is 5.07. The number of halogens is 2. The van der Waals surface area contributed by atoms with E-state index in [2.05, 4.69) is 0 Å². The summed E-state index contributed by atoms with van der Waals surface area (Å²) in [5.41, 5.74) is 0. The predicted molar refractivity (Wildman–Crippen MR) is 132 cm³/mol. The maximum atomic E-state index is 13.3. The smallest absolute Gasteiger partial charge is 0.170 e. The average molecular weight is 482 g/mol. The van der Waals surface area contributed by atoms with Crippen molar-refractivity contribution >= 4 is 0 Å². The Hall–Kier alpha value is -4.84. The highest BCUT2D eigenvalue weighted by Gasteiger charge is 2.14. The first-order chi connectivity index (χ1) is 17.6. The highest BCUT2D eigenvalue weighted by atomic mass is 19.1. The van der Waals surface area contributed by atoms with Crippen LogP contribution in [0.1, 0.15) is 0 Å². The molecule has 0 amide bonds. The lowest BCUT2D eigenvalue weighted by molar-refractivity contribution is 0.382. The van der Waals surface area contributed by atoms with Crippen molar-refractivity contribution < 1.29 is 27.7 Å². The Labute approximate surface area is 206 Å². The lowest BCUT2D eigenvalue weighted by Crippen LogP contribution is -1.94. The SMILES string of the molecule is Fc1ccc(Oc2ccccc2Oc2ccccc2Oc2ccccc2Oc2ccc(F)cc2)cc1. The molecule has 0 radical (unpaired) electrons. The molecular weight excluding hydrogens is 462 g/mol. The van der Waals surface area contributed by atoms with Crippen LogP contribution in [-0.4, -0.2) is 0 Å². The zero-order valence-corrected chi connectivity index (χ0v) is 18.9. The van der Waals surface area contributed by atoms with E-state index in [4.69, 9.17) is 18.9 Å². The molecule has 0 aromatic heterocycles. The summed E-state index contributed by atoms with van der Waals surface area (Å²) in [7, 11) is 0. The number of benzene rings is 5. The van der Waals surface area contributed by atoms with Gasteiger partial charge in [-0.3, -0.25) is 0 Å². The van der Waals surface area contributed by atoms with Gasteiger partial charge in [0, 0.05) is 0 Å². The van der Waals surface area contributed by atoms with E-state index in [1.807, 2.05) is 36.4 Å². The summed E-state index contributed by atoms with van der Waals surface area (Å²) >= 11 is 0. The van der Waals surface area contributed by atoms with Gasteiger partial charge in [-0.05, 0) is 84.9 Å². The van der Waals surface area contributed by atoms with Gasteiger partial charge in [0.05, 0.1) is 0 Å². The lowest BCUT2D eigenvalue weighted by atomic mass is 10.2.